The summed E-state index contributed by atoms with van der Waals surface area (Å²) in [6.07, 6.45) is 0.970. The standard InChI is InChI=1S/C17H25N3O3S.C2HF3O2/c1-3-23-17(22)5-4-9-20-10-7-15(19-20)11-14-12-18-8-6-16(14)24-13(2)21;3-2(4,5)1(6)7/h7,10-11,16,18H,3-6,8-9,12H2,1-2H3;(H,6,7)/b14-11+;. The first-order chi connectivity index (χ1) is 14.5. The first-order valence-electron chi connectivity index (χ1n) is 9.60. The van der Waals surface area contributed by atoms with Gasteiger partial charge in [0.2, 0.25) is 0 Å². The number of piperidine rings is 1. The monoisotopic (exact) mass is 465 g/mol. The highest BCUT2D eigenvalue weighted by Gasteiger charge is 2.38. The molecule has 1 saturated heterocycles. The number of thioether (sulfide) groups is 1. The van der Waals surface area contributed by atoms with Crippen LogP contribution < -0.4 is 5.32 Å². The fourth-order valence-corrected chi connectivity index (χ4v) is 3.57. The molecule has 31 heavy (non-hydrogen) atoms. The van der Waals surface area contributed by atoms with Crippen LogP contribution in [0, 0.1) is 0 Å². The van der Waals surface area contributed by atoms with Crippen LogP contribution in [0.2, 0.25) is 0 Å². The zero-order valence-electron chi connectivity index (χ0n) is 17.3. The lowest BCUT2D eigenvalue weighted by molar-refractivity contribution is -0.192. The largest absolute Gasteiger partial charge is 0.490 e. The van der Waals surface area contributed by atoms with Crippen molar-refractivity contribution in [2.45, 2.75) is 51.1 Å². The number of carboxylic acids is 1. The van der Waals surface area contributed by atoms with Gasteiger partial charge in [0.15, 0.2) is 5.12 Å². The Morgan fingerprint density at radius 2 is 2.10 bits per heavy atom. The first kappa shape index (κ1) is 26.7. The van der Waals surface area contributed by atoms with Gasteiger partial charge in [-0.1, -0.05) is 11.8 Å². The SMILES string of the molecule is CCOC(=O)CCCn1ccc(/C=C2\CNCCC2SC(C)=O)n1.O=C(O)C(F)(F)F. The average molecular weight is 465 g/mol. The third-order valence-electron chi connectivity index (χ3n) is 3.94. The summed E-state index contributed by atoms with van der Waals surface area (Å²) in [4.78, 5) is 31.6. The molecule has 2 heterocycles. The number of aromatic nitrogens is 2. The maximum absolute atomic E-state index is 11.4. The van der Waals surface area contributed by atoms with Crippen LogP contribution >= 0.6 is 11.8 Å². The van der Waals surface area contributed by atoms with Crippen molar-refractivity contribution in [1.82, 2.24) is 15.1 Å². The minimum Gasteiger partial charge on any atom is -0.475 e. The predicted octanol–water partition coefficient (Wildman–Crippen LogP) is 2.88. The van der Waals surface area contributed by atoms with Gasteiger partial charge in [0.1, 0.15) is 0 Å². The zero-order valence-corrected chi connectivity index (χ0v) is 18.1. The molecule has 1 aliphatic heterocycles. The lowest BCUT2D eigenvalue weighted by Gasteiger charge is -2.24. The number of alkyl halides is 3. The van der Waals surface area contributed by atoms with Gasteiger partial charge in [-0.25, -0.2) is 4.79 Å². The fourth-order valence-electron chi connectivity index (χ4n) is 2.63. The van der Waals surface area contributed by atoms with Crippen molar-refractivity contribution >= 4 is 34.9 Å². The molecule has 1 aromatic rings. The van der Waals surface area contributed by atoms with E-state index in [-0.39, 0.29) is 16.3 Å². The Balaban J connectivity index is 0.000000592. The van der Waals surface area contributed by atoms with Gasteiger partial charge in [0, 0.05) is 37.9 Å². The summed E-state index contributed by atoms with van der Waals surface area (Å²) in [5, 5.41) is 15.4. The van der Waals surface area contributed by atoms with Crippen molar-refractivity contribution in [2.75, 3.05) is 19.7 Å². The van der Waals surface area contributed by atoms with E-state index in [1.165, 1.54) is 17.3 Å². The molecule has 174 valence electrons. The number of ether oxygens (including phenoxy) is 1. The minimum atomic E-state index is -5.08. The number of nitrogens with one attached hydrogen (secondary N) is 1. The van der Waals surface area contributed by atoms with Crippen molar-refractivity contribution in [3.63, 3.8) is 0 Å². The van der Waals surface area contributed by atoms with Crippen molar-refractivity contribution in [1.29, 1.82) is 0 Å². The molecule has 0 aliphatic carbocycles. The third kappa shape index (κ3) is 11.0. The summed E-state index contributed by atoms with van der Waals surface area (Å²) in [7, 11) is 0. The topological polar surface area (TPSA) is 111 Å². The molecule has 0 saturated carbocycles. The molecule has 1 fully saturated rings. The van der Waals surface area contributed by atoms with Gasteiger partial charge in [0.05, 0.1) is 12.3 Å². The summed E-state index contributed by atoms with van der Waals surface area (Å²) in [6, 6.07) is 1.96. The molecular formula is C19H26F3N3O5S. The maximum atomic E-state index is 11.4. The average Bonchev–Trinajstić information content (AvgIpc) is 3.10. The molecule has 2 rings (SSSR count). The van der Waals surface area contributed by atoms with E-state index in [4.69, 9.17) is 14.6 Å². The lowest BCUT2D eigenvalue weighted by atomic mass is 10.0. The van der Waals surface area contributed by atoms with Crippen LogP contribution in [0.1, 0.15) is 38.8 Å². The Labute approximate surface area is 182 Å². The van der Waals surface area contributed by atoms with E-state index in [0.29, 0.717) is 26.0 Å². The Bertz CT molecular complexity index is 780. The Morgan fingerprint density at radius 1 is 1.42 bits per heavy atom. The number of aliphatic carboxylic acids is 1. The van der Waals surface area contributed by atoms with Gasteiger partial charge in [0.25, 0.3) is 0 Å². The number of halogens is 3. The second kappa shape index (κ2) is 13.2. The number of aryl methyl sites for hydroxylation is 1. The zero-order chi connectivity index (χ0) is 23.4. The van der Waals surface area contributed by atoms with Gasteiger partial charge in [-0.2, -0.15) is 18.3 Å². The molecule has 0 amide bonds. The molecule has 1 unspecified atom stereocenters. The van der Waals surface area contributed by atoms with Gasteiger partial charge in [-0.05, 0) is 44.0 Å². The molecular weight excluding hydrogens is 439 g/mol. The Kier molecular flexibility index (Phi) is 11.3. The van der Waals surface area contributed by atoms with E-state index >= 15 is 0 Å². The number of hydrogen-bond acceptors (Lipinski definition) is 7. The van der Waals surface area contributed by atoms with Crippen molar-refractivity contribution in [3.8, 4) is 0 Å². The summed E-state index contributed by atoms with van der Waals surface area (Å²) < 4.78 is 38.5. The highest BCUT2D eigenvalue weighted by atomic mass is 32.2. The van der Waals surface area contributed by atoms with Crippen molar-refractivity contribution in [2.24, 2.45) is 0 Å². The molecule has 0 bridgehead atoms. The van der Waals surface area contributed by atoms with Gasteiger partial charge in [-0.3, -0.25) is 14.3 Å². The molecule has 1 atom stereocenters. The molecule has 1 aliphatic rings. The Morgan fingerprint density at radius 3 is 2.68 bits per heavy atom. The molecule has 2 N–H and O–H groups in total. The summed E-state index contributed by atoms with van der Waals surface area (Å²) in [5.41, 5.74) is 2.09. The number of nitrogens with zero attached hydrogens (tertiary/aromatic N) is 2. The van der Waals surface area contributed by atoms with E-state index in [2.05, 4.69) is 16.5 Å². The maximum Gasteiger partial charge on any atom is 0.490 e. The highest BCUT2D eigenvalue weighted by molar-refractivity contribution is 8.14. The minimum absolute atomic E-state index is 0.150. The predicted molar refractivity (Wildman–Crippen MR) is 109 cm³/mol. The van der Waals surface area contributed by atoms with Gasteiger partial charge >= 0.3 is 18.1 Å². The second-order valence-electron chi connectivity index (χ2n) is 6.50. The van der Waals surface area contributed by atoms with Gasteiger partial charge < -0.3 is 15.2 Å². The summed E-state index contributed by atoms with van der Waals surface area (Å²) in [5.74, 6) is -2.92. The van der Waals surface area contributed by atoms with Crippen LogP contribution in [0.4, 0.5) is 13.2 Å². The van der Waals surface area contributed by atoms with Crippen LogP contribution in [-0.2, 0) is 25.7 Å². The third-order valence-corrected chi connectivity index (χ3v) is 5.10. The van der Waals surface area contributed by atoms with Crippen LogP contribution in [-0.4, -0.2) is 63.1 Å². The van der Waals surface area contributed by atoms with E-state index in [1.54, 1.807) is 6.92 Å². The fraction of sp³-hybridized carbons (Fsp3) is 0.579. The lowest BCUT2D eigenvalue weighted by Crippen LogP contribution is -2.32. The number of esters is 1. The van der Waals surface area contributed by atoms with Crippen LogP contribution in [0.25, 0.3) is 6.08 Å². The summed E-state index contributed by atoms with van der Waals surface area (Å²) >= 11 is 1.40. The number of carbonyl (C=O) groups is 3. The van der Waals surface area contributed by atoms with E-state index in [0.717, 1.165) is 25.2 Å². The molecule has 1 aromatic heterocycles. The smallest absolute Gasteiger partial charge is 0.475 e. The normalized spacial score (nSPS) is 17.6. The number of rotatable bonds is 7. The van der Waals surface area contributed by atoms with Crippen molar-refractivity contribution in [3.05, 3.63) is 23.5 Å². The second-order valence-corrected chi connectivity index (χ2v) is 7.88. The highest BCUT2D eigenvalue weighted by Crippen LogP contribution is 2.26. The van der Waals surface area contributed by atoms with E-state index < -0.39 is 12.1 Å². The summed E-state index contributed by atoms with van der Waals surface area (Å²) in [6.45, 7) is 6.26. The number of hydrogen-bond donors (Lipinski definition) is 2. The van der Waals surface area contributed by atoms with E-state index in [9.17, 15) is 22.8 Å². The Hall–Kier alpha value is -2.34. The van der Waals surface area contributed by atoms with Crippen LogP contribution in [0.15, 0.2) is 17.8 Å². The van der Waals surface area contributed by atoms with E-state index in [1.807, 2.05) is 23.9 Å². The number of carbonyl (C=O) groups excluding carboxylic acids is 2. The molecule has 0 radical (unpaired) electrons. The molecule has 0 aromatic carbocycles. The van der Waals surface area contributed by atoms with Crippen LogP contribution in [0.3, 0.4) is 0 Å². The van der Waals surface area contributed by atoms with Crippen molar-refractivity contribution < 1.29 is 37.4 Å². The molecule has 12 heteroatoms. The molecule has 0 spiro atoms. The quantitative estimate of drug-likeness (QED) is 0.592. The number of carboxylic acid groups (broad SMARTS) is 1. The first-order valence-corrected chi connectivity index (χ1v) is 10.5. The van der Waals surface area contributed by atoms with Gasteiger partial charge in [-0.15, -0.1) is 0 Å². The molecule has 8 nitrogen and oxygen atoms in total. The van der Waals surface area contributed by atoms with Crippen LogP contribution in [0.5, 0.6) is 0 Å².